The summed E-state index contributed by atoms with van der Waals surface area (Å²) >= 11 is 0. The fourth-order valence-electron chi connectivity index (χ4n) is 1.22. The maximum absolute atomic E-state index is 11.6. The topological polar surface area (TPSA) is 46.6 Å². The summed E-state index contributed by atoms with van der Waals surface area (Å²) in [5.74, 6) is 0.184. The van der Waals surface area contributed by atoms with E-state index in [1.165, 1.54) is 4.90 Å². The molecule has 0 fully saturated rings. The molecule has 1 atom stereocenters. The smallest absolute Gasteiger partial charge is 0.308 e. The minimum Gasteiger partial charge on any atom is -0.465 e. The van der Waals surface area contributed by atoms with E-state index in [2.05, 4.69) is 13.8 Å². The zero-order chi connectivity index (χ0) is 13.4. The molecule has 0 aliphatic heterocycles. The standard InChI is InChI=1S/C13H25NO3/c1-10(2)8-9-17-13(16)11(3)6-7-12(15)14(4)5/h10-11H,6-9H2,1-5H3. The van der Waals surface area contributed by atoms with Gasteiger partial charge in [-0.25, -0.2) is 0 Å². The second-order valence-corrected chi connectivity index (χ2v) is 5.08. The molecule has 4 nitrogen and oxygen atoms in total. The van der Waals surface area contributed by atoms with Crippen LogP contribution in [-0.4, -0.2) is 37.5 Å². The summed E-state index contributed by atoms with van der Waals surface area (Å²) in [6.45, 7) is 6.46. The summed E-state index contributed by atoms with van der Waals surface area (Å²) in [5.41, 5.74) is 0. The lowest BCUT2D eigenvalue weighted by molar-refractivity contribution is -0.148. The number of hydrogen-bond donors (Lipinski definition) is 0. The van der Waals surface area contributed by atoms with Crippen molar-refractivity contribution in [3.8, 4) is 0 Å². The highest BCUT2D eigenvalue weighted by molar-refractivity contribution is 5.77. The van der Waals surface area contributed by atoms with Gasteiger partial charge in [-0.1, -0.05) is 20.8 Å². The van der Waals surface area contributed by atoms with Gasteiger partial charge in [0.2, 0.25) is 5.91 Å². The van der Waals surface area contributed by atoms with Crippen molar-refractivity contribution in [2.24, 2.45) is 11.8 Å². The third kappa shape index (κ3) is 7.77. The Morgan fingerprint density at radius 2 is 1.71 bits per heavy atom. The fraction of sp³-hybridized carbons (Fsp3) is 0.846. The molecule has 0 aromatic rings. The van der Waals surface area contributed by atoms with Crippen molar-refractivity contribution < 1.29 is 14.3 Å². The van der Waals surface area contributed by atoms with Crippen LogP contribution in [0.5, 0.6) is 0 Å². The highest BCUT2D eigenvalue weighted by atomic mass is 16.5. The number of ether oxygens (including phenoxy) is 1. The van der Waals surface area contributed by atoms with E-state index in [1.54, 1.807) is 21.0 Å². The molecule has 0 rings (SSSR count). The molecule has 17 heavy (non-hydrogen) atoms. The first-order valence-electron chi connectivity index (χ1n) is 6.21. The first-order chi connectivity index (χ1) is 7.84. The predicted octanol–water partition coefficient (Wildman–Crippen LogP) is 2.08. The van der Waals surface area contributed by atoms with E-state index in [4.69, 9.17) is 4.74 Å². The number of amides is 1. The van der Waals surface area contributed by atoms with E-state index < -0.39 is 0 Å². The van der Waals surface area contributed by atoms with Crippen molar-refractivity contribution in [1.29, 1.82) is 0 Å². The van der Waals surface area contributed by atoms with Crippen molar-refractivity contribution in [2.45, 2.75) is 40.0 Å². The molecule has 0 spiro atoms. The molecule has 4 heteroatoms. The first kappa shape index (κ1) is 15.9. The quantitative estimate of drug-likeness (QED) is 0.643. The molecule has 0 saturated heterocycles. The highest BCUT2D eigenvalue weighted by Gasteiger charge is 2.16. The Bertz CT molecular complexity index is 249. The number of hydrogen-bond acceptors (Lipinski definition) is 3. The second kappa shape index (κ2) is 8.09. The lowest BCUT2D eigenvalue weighted by Gasteiger charge is -2.14. The number of esters is 1. The minimum absolute atomic E-state index is 0.0480. The molecule has 0 heterocycles. The molecule has 0 radical (unpaired) electrons. The SMILES string of the molecule is CC(C)CCOC(=O)C(C)CCC(=O)N(C)C. The van der Waals surface area contributed by atoms with Crippen molar-refractivity contribution >= 4 is 11.9 Å². The lowest BCUT2D eigenvalue weighted by Crippen LogP contribution is -2.23. The van der Waals surface area contributed by atoms with E-state index in [0.29, 0.717) is 25.4 Å². The van der Waals surface area contributed by atoms with Crippen LogP contribution in [0.25, 0.3) is 0 Å². The van der Waals surface area contributed by atoms with Gasteiger partial charge in [-0.3, -0.25) is 9.59 Å². The Morgan fingerprint density at radius 1 is 1.12 bits per heavy atom. The van der Waals surface area contributed by atoms with E-state index in [1.807, 2.05) is 0 Å². The van der Waals surface area contributed by atoms with Crippen LogP contribution in [0.4, 0.5) is 0 Å². The van der Waals surface area contributed by atoms with E-state index in [-0.39, 0.29) is 17.8 Å². The first-order valence-corrected chi connectivity index (χ1v) is 6.21. The van der Waals surface area contributed by atoms with Crippen molar-refractivity contribution in [3.05, 3.63) is 0 Å². The van der Waals surface area contributed by atoms with Crippen molar-refractivity contribution in [3.63, 3.8) is 0 Å². The molecular formula is C13H25NO3. The van der Waals surface area contributed by atoms with Gasteiger partial charge in [0, 0.05) is 20.5 Å². The molecule has 0 aliphatic rings. The van der Waals surface area contributed by atoms with Crippen LogP contribution in [0.1, 0.15) is 40.0 Å². The van der Waals surface area contributed by atoms with Gasteiger partial charge in [0.1, 0.15) is 0 Å². The van der Waals surface area contributed by atoms with Crippen LogP contribution in [-0.2, 0) is 14.3 Å². The van der Waals surface area contributed by atoms with Crippen LogP contribution in [0.2, 0.25) is 0 Å². The Morgan fingerprint density at radius 3 is 2.18 bits per heavy atom. The largest absolute Gasteiger partial charge is 0.465 e. The normalized spacial score (nSPS) is 12.4. The lowest BCUT2D eigenvalue weighted by atomic mass is 10.1. The van der Waals surface area contributed by atoms with Gasteiger partial charge >= 0.3 is 5.97 Å². The van der Waals surface area contributed by atoms with E-state index in [0.717, 1.165) is 6.42 Å². The van der Waals surface area contributed by atoms with Crippen molar-refractivity contribution in [2.75, 3.05) is 20.7 Å². The Balaban J connectivity index is 3.78. The fourth-order valence-corrected chi connectivity index (χ4v) is 1.22. The number of carbonyl (C=O) groups excluding carboxylic acids is 2. The van der Waals surface area contributed by atoms with Crippen molar-refractivity contribution in [1.82, 2.24) is 4.90 Å². The number of nitrogens with zero attached hydrogens (tertiary/aromatic N) is 1. The zero-order valence-electron chi connectivity index (χ0n) is 11.7. The molecule has 0 aromatic carbocycles. The van der Waals surface area contributed by atoms with Gasteiger partial charge in [-0.15, -0.1) is 0 Å². The Kier molecular flexibility index (Phi) is 7.59. The van der Waals surface area contributed by atoms with E-state index >= 15 is 0 Å². The monoisotopic (exact) mass is 243 g/mol. The maximum Gasteiger partial charge on any atom is 0.308 e. The summed E-state index contributed by atoms with van der Waals surface area (Å²) in [4.78, 5) is 24.4. The van der Waals surface area contributed by atoms with Crippen LogP contribution in [0.3, 0.4) is 0 Å². The molecule has 100 valence electrons. The van der Waals surface area contributed by atoms with Gasteiger partial charge in [-0.2, -0.15) is 0 Å². The minimum atomic E-state index is -0.203. The number of carbonyl (C=O) groups is 2. The molecule has 0 bridgehead atoms. The van der Waals surface area contributed by atoms with Crippen LogP contribution < -0.4 is 0 Å². The molecule has 1 unspecified atom stereocenters. The maximum atomic E-state index is 11.6. The zero-order valence-corrected chi connectivity index (χ0v) is 11.7. The van der Waals surface area contributed by atoms with Gasteiger partial charge < -0.3 is 9.64 Å². The third-order valence-corrected chi connectivity index (χ3v) is 2.63. The van der Waals surface area contributed by atoms with Crippen LogP contribution >= 0.6 is 0 Å². The molecular weight excluding hydrogens is 218 g/mol. The van der Waals surface area contributed by atoms with E-state index in [9.17, 15) is 9.59 Å². The molecule has 0 N–H and O–H groups in total. The van der Waals surface area contributed by atoms with Gasteiger partial charge in [-0.05, 0) is 18.8 Å². The summed E-state index contributed by atoms with van der Waals surface area (Å²) in [7, 11) is 3.43. The van der Waals surface area contributed by atoms with Gasteiger partial charge in [0.25, 0.3) is 0 Å². The summed E-state index contributed by atoms with van der Waals surface area (Å²) < 4.78 is 5.14. The summed E-state index contributed by atoms with van der Waals surface area (Å²) in [5, 5.41) is 0. The van der Waals surface area contributed by atoms with Crippen LogP contribution in [0.15, 0.2) is 0 Å². The van der Waals surface area contributed by atoms with Crippen LogP contribution in [0, 0.1) is 11.8 Å². The van der Waals surface area contributed by atoms with Gasteiger partial charge in [0.05, 0.1) is 12.5 Å². The summed E-state index contributed by atoms with van der Waals surface area (Å²) in [6, 6.07) is 0. The second-order valence-electron chi connectivity index (χ2n) is 5.08. The molecule has 0 aromatic heterocycles. The molecule has 0 saturated carbocycles. The number of rotatable bonds is 7. The summed E-state index contributed by atoms with van der Waals surface area (Å²) in [6.07, 6.45) is 1.83. The van der Waals surface area contributed by atoms with Gasteiger partial charge in [0.15, 0.2) is 0 Å². The highest BCUT2D eigenvalue weighted by Crippen LogP contribution is 2.10. The third-order valence-electron chi connectivity index (χ3n) is 2.63. The molecule has 0 aliphatic carbocycles. The molecule has 1 amide bonds. The Hall–Kier alpha value is -1.06. The average Bonchev–Trinajstić information content (AvgIpc) is 2.24. The predicted molar refractivity (Wildman–Crippen MR) is 67.5 cm³/mol. The average molecular weight is 243 g/mol. The Labute approximate surface area is 104 Å².